The normalized spacial score (nSPS) is 16.7. The largest absolute Gasteiger partial charge is 0.486 e. The maximum Gasteiger partial charge on any atom is 0.225 e. The molecule has 2 aromatic rings. The molecule has 2 aliphatic rings. The van der Waals surface area contributed by atoms with Gasteiger partial charge in [-0.3, -0.25) is 0 Å². The molecule has 0 amide bonds. The van der Waals surface area contributed by atoms with Gasteiger partial charge < -0.3 is 24.4 Å². The van der Waals surface area contributed by atoms with Crippen LogP contribution in [0, 0.1) is 0 Å². The van der Waals surface area contributed by atoms with Gasteiger partial charge in [0.1, 0.15) is 13.2 Å². The standard InChI is InChI=1S/C18H22N4O3/c1-2-16-17(25-8-7-24-16)9-14(1)10-19-11-15-12-20-18(21-13-15)22-3-5-23-6-4-22/h1-2,9,12-13,19H,3-8,10-11H2. The van der Waals surface area contributed by atoms with Crippen LogP contribution in [0.4, 0.5) is 5.95 Å². The first-order valence-electron chi connectivity index (χ1n) is 8.61. The lowest BCUT2D eigenvalue weighted by molar-refractivity contribution is 0.122. The third kappa shape index (κ3) is 4.00. The zero-order valence-corrected chi connectivity index (χ0v) is 14.1. The van der Waals surface area contributed by atoms with Crippen LogP contribution in [0.2, 0.25) is 0 Å². The Balaban J connectivity index is 1.29. The number of aromatic nitrogens is 2. The molecule has 1 N–H and O–H groups in total. The van der Waals surface area contributed by atoms with Gasteiger partial charge in [0.05, 0.1) is 13.2 Å². The molecule has 1 aromatic carbocycles. The molecule has 0 spiro atoms. The van der Waals surface area contributed by atoms with E-state index >= 15 is 0 Å². The summed E-state index contributed by atoms with van der Waals surface area (Å²) >= 11 is 0. The summed E-state index contributed by atoms with van der Waals surface area (Å²) in [5, 5.41) is 3.41. The molecule has 0 saturated carbocycles. The van der Waals surface area contributed by atoms with E-state index in [0.717, 1.165) is 68.0 Å². The molecule has 3 heterocycles. The average Bonchev–Trinajstić information content (AvgIpc) is 2.69. The quantitative estimate of drug-likeness (QED) is 0.880. The van der Waals surface area contributed by atoms with Crippen molar-refractivity contribution in [1.29, 1.82) is 0 Å². The summed E-state index contributed by atoms with van der Waals surface area (Å²) in [7, 11) is 0. The van der Waals surface area contributed by atoms with Crippen LogP contribution in [0.5, 0.6) is 11.5 Å². The highest BCUT2D eigenvalue weighted by molar-refractivity contribution is 5.43. The summed E-state index contributed by atoms with van der Waals surface area (Å²) in [6, 6.07) is 6.05. The van der Waals surface area contributed by atoms with Gasteiger partial charge in [-0.15, -0.1) is 0 Å². The van der Waals surface area contributed by atoms with Gasteiger partial charge >= 0.3 is 0 Å². The fraction of sp³-hybridized carbons (Fsp3) is 0.444. The van der Waals surface area contributed by atoms with E-state index in [1.165, 1.54) is 0 Å². The summed E-state index contributed by atoms with van der Waals surface area (Å²) in [5.41, 5.74) is 2.23. The number of rotatable bonds is 5. The van der Waals surface area contributed by atoms with E-state index in [9.17, 15) is 0 Å². The lowest BCUT2D eigenvalue weighted by Crippen LogP contribution is -2.37. The Morgan fingerprint density at radius 3 is 2.40 bits per heavy atom. The van der Waals surface area contributed by atoms with E-state index in [0.29, 0.717) is 13.2 Å². The molecule has 2 aliphatic heterocycles. The van der Waals surface area contributed by atoms with E-state index in [-0.39, 0.29) is 0 Å². The number of anilines is 1. The number of fused-ring (bicyclic) bond motifs is 1. The first-order chi connectivity index (χ1) is 12.4. The molecule has 7 nitrogen and oxygen atoms in total. The predicted octanol–water partition coefficient (Wildman–Crippen LogP) is 1.37. The Hall–Kier alpha value is -2.38. The summed E-state index contributed by atoms with van der Waals surface area (Å²) in [6.07, 6.45) is 3.77. The van der Waals surface area contributed by atoms with E-state index in [1.54, 1.807) is 0 Å². The highest BCUT2D eigenvalue weighted by Gasteiger charge is 2.13. The summed E-state index contributed by atoms with van der Waals surface area (Å²) in [5.74, 6) is 2.42. The fourth-order valence-electron chi connectivity index (χ4n) is 2.91. The Bertz CT molecular complexity index is 702. The molecule has 1 saturated heterocycles. The van der Waals surface area contributed by atoms with Crippen LogP contribution in [0.15, 0.2) is 30.6 Å². The minimum Gasteiger partial charge on any atom is -0.486 e. The van der Waals surface area contributed by atoms with Crippen molar-refractivity contribution in [2.45, 2.75) is 13.1 Å². The number of benzene rings is 1. The molecule has 0 radical (unpaired) electrons. The summed E-state index contributed by atoms with van der Waals surface area (Å²) in [6.45, 7) is 5.87. The Morgan fingerprint density at radius 2 is 1.60 bits per heavy atom. The van der Waals surface area contributed by atoms with Crippen LogP contribution >= 0.6 is 0 Å². The Labute approximate surface area is 146 Å². The van der Waals surface area contributed by atoms with Crippen molar-refractivity contribution in [2.75, 3.05) is 44.4 Å². The monoisotopic (exact) mass is 342 g/mol. The minimum absolute atomic E-state index is 0.608. The van der Waals surface area contributed by atoms with Gasteiger partial charge in [-0.05, 0) is 17.7 Å². The molecule has 4 rings (SSSR count). The average molecular weight is 342 g/mol. The van der Waals surface area contributed by atoms with Crippen LogP contribution < -0.4 is 19.7 Å². The first-order valence-corrected chi connectivity index (χ1v) is 8.61. The van der Waals surface area contributed by atoms with Crippen molar-refractivity contribution < 1.29 is 14.2 Å². The number of hydrogen-bond acceptors (Lipinski definition) is 7. The van der Waals surface area contributed by atoms with Crippen molar-refractivity contribution in [3.8, 4) is 11.5 Å². The molecule has 7 heteroatoms. The lowest BCUT2D eigenvalue weighted by Gasteiger charge is -2.26. The van der Waals surface area contributed by atoms with Crippen molar-refractivity contribution in [3.05, 3.63) is 41.7 Å². The van der Waals surface area contributed by atoms with Gasteiger partial charge in [-0.2, -0.15) is 0 Å². The molecule has 0 aliphatic carbocycles. The van der Waals surface area contributed by atoms with Gasteiger partial charge in [0.15, 0.2) is 11.5 Å². The molecule has 0 atom stereocenters. The lowest BCUT2D eigenvalue weighted by atomic mass is 10.2. The molecule has 0 bridgehead atoms. The highest BCUT2D eigenvalue weighted by Crippen LogP contribution is 2.30. The van der Waals surface area contributed by atoms with Crippen LogP contribution in [-0.2, 0) is 17.8 Å². The molecule has 0 unspecified atom stereocenters. The fourth-order valence-corrected chi connectivity index (χ4v) is 2.91. The second-order valence-electron chi connectivity index (χ2n) is 6.07. The topological polar surface area (TPSA) is 68.7 Å². The van der Waals surface area contributed by atoms with E-state index in [2.05, 4.69) is 26.3 Å². The molecular weight excluding hydrogens is 320 g/mol. The highest BCUT2D eigenvalue weighted by atomic mass is 16.6. The first kappa shape index (κ1) is 16.1. The maximum atomic E-state index is 5.61. The smallest absolute Gasteiger partial charge is 0.225 e. The van der Waals surface area contributed by atoms with Crippen molar-refractivity contribution in [1.82, 2.24) is 15.3 Å². The number of ether oxygens (including phenoxy) is 3. The second kappa shape index (κ2) is 7.67. The number of nitrogens with zero attached hydrogens (tertiary/aromatic N) is 3. The zero-order chi connectivity index (χ0) is 16.9. The van der Waals surface area contributed by atoms with Crippen LogP contribution in [0.25, 0.3) is 0 Å². The summed E-state index contributed by atoms with van der Waals surface area (Å²) < 4.78 is 16.5. The third-order valence-corrected chi connectivity index (χ3v) is 4.25. The molecule has 1 aromatic heterocycles. The Morgan fingerprint density at radius 1 is 0.880 bits per heavy atom. The van der Waals surface area contributed by atoms with Crippen LogP contribution in [0.1, 0.15) is 11.1 Å². The SMILES string of the molecule is c1cc2c(cc1CNCc1cnc(N3CCOCC3)nc1)OCCO2. The maximum absolute atomic E-state index is 5.61. The van der Waals surface area contributed by atoms with E-state index < -0.39 is 0 Å². The second-order valence-corrected chi connectivity index (χ2v) is 6.07. The van der Waals surface area contributed by atoms with Gasteiger partial charge in [0.2, 0.25) is 5.95 Å². The van der Waals surface area contributed by atoms with Gasteiger partial charge in [0.25, 0.3) is 0 Å². The van der Waals surface area contributed by atoms with Crippen LogP contribution in [0.3, 0.4) is 0 Å². The molecular formula is C18H22N4O3. The number of morpholine rings is 1. The zero-order valence-electron chi connectivity index (χ0n) is 14.1. The molecule has 1 fully saturated rings. The number of hydrogen-bond donors (Lipinski definition) is 1. The van der Waals surface area contributed by atoms with E-state index in [1.807, 2.05) is 24.5 Å². The Kier molecular flexibility index (Phi) is 4.94. The van der Waals surface area contributed by atoms with Gasteiger partial charge in [-0.1, -0.05) is 6.07 Å². The molecule has 25 heavy (non-hydrogen) atoms. The van der Waals surface area contributed by atoms with Crippen molar-refractivity contribution in [3.63, 3.8) is 0 Å². The molecule has 132 valence electrons. The minimum atomic E-state index is 0.608. The van der Waals surface area contributed by atoms with Crippen molar-refractivity contribution in [2.24, 2.45) is 0 Å². The number of nitrogens with one attached hydrogen (secondary N) is 1. The summed E-state index contributed by atoms with van der Waals surface area (Å²) in [4.78, 5) is 11.1. The van der Waals surface area contributed by atoms with Crippen molar-refractivity contribution >= 4 is 5.95 Å². The predicted molar refractivity (Wildman–Crippen MR) is 93.0 cm³/mol. The van der Waals surface area contributed by atoms with Gasteiger partial charge in [-0.25, -0.2) is 9.97 Å². The van der Waals surface area contributed by atoms with Gasteiger partial charge in [0, 0.05) is 44.1 Å². The van der Waals surface area contributed by atoms with E-state index in [4.69, 9.17) is 14.2 Å². The third-order valence-electron chi connectivity index (χ3n) is 4.25. The van der Waals surface area contributed by atoms with Crippen LogP contribution in [-0.4, -0.2) is 49.5 Å².